The highest BCUT2D eigenvalue weighted by atomic mass is 16.8. The van der Waals surface area contributed by atoms with Crippen molar-refractivity contribution in [2.75, 3.05) is 73.7 Å². The van der Waals surface area contributed by atoms with E-state index >= 15 is 0 Å². The summed E-state index contributed by atoms with van der Waals surface area (Å²) in [5, 5.41) is 28.8. The highest BCUT2D eigenvalue weighted by Gasteiger charge is 2.28. The minimum Gasteiger partial charge on any atom is -0.465 e. The zero-order valence-corrected chi connectivity index (χ0v) is 26.6. The first kappa shape index (κ1) is 43.5. The second kappa shape index (κ2) is 29.1. The molecule has 1 saturated heterocycles. The monoisotopic (exact) mass is 644 g/mol. The first-order valence-corrected chi connectivity index (χ1v) is 14.3. The third kappa shape index (κ3) is 22.9. The number of ether oxygens (including phenoxy) is 9. The van der Waals surface area contributed by atoms with Gasteiger partial charge in [0.25, 0.3) is 12.9 Å². The summed E-state index contributed by atoms with van der Waals surface area (Å²) in [6, 6.07) is 0. The first-order valence-electron chi connectivity index (χ1n) is 14.3. The molecule has 3 N–H and O–H groups in total. The number of carbonyl (C=O) groups excluding carboxylic acids is 4. The fourth-order valence-electron chi connectivity index (χ4n) is 3.25. The Morgan fingerprint density at radius 2 is 1.64 bits per heavy atom. The minimum atomic E-state index is -0.901. The molecule has 0 spiro atoms. The van der Waals surface area contributed by atoms with Gasteiger partial charge in [-0.2, -0.15) is 0 Å². The van der Waals surface area contributed by atoms with Crippen molar-refractivity contribution < 1.29 is 77.1 Å². The Morgan fingerprint density at radius 1 is 0.977 bits per heavy atom. The van der Waals surface area contributed by atoms with Crippen LogP contribution in [0.15, 0.2) is 0 Å². The van der Waals surface area contributed by atoms with Gasteiger partial charge in [0.2, 0.25) is 0 Å². The quantitative estimate of drug-likeness (QED) is 0.0773. The number of methoxy groups -OCH3 is 2. The summed E-state index contributed by atoms with van der Waals surface area (Å²) in [7, 11) is 2.95. The summed E-state index contributed by atoms with van der Waals surface area (Å²) in [6.45, 7) is 9.04. The lowest BCUT2D eigenvalue weighted by atomic mass is 9.90. The van der Waals surface area contributed by atoms with Crippen molar-refractivity contribution in [2.24, 2.45) is 11.8 Å². The normalized spacial score (nSPS) is 17.8. The van der Waals surface area contributed by atoms with Crippen LogP contribution >= 0.6 is 0 Å². The predicted molar refractivity (Wildman–Crippen MR) is 152 cm³/mol. The standard InChI is InChI=1S/C18H34O10.C5H8O3.C5H10O3/c1-13(5-25-9-16(6-23-3)28-12-20)18(22)14(2)17(21)10-26-7-15(24-4)8-27-11-19;1-2-4-3-7-5(6)8-4;1-2-5(7)8-4-3-6/h11-18,21-22H,5-10H2,1-4H3;4H,2-3H2,1H3;6H,2-4H2,1H3. The molecule has 16 heteroatoms. The lowest BCUT2D eigenvalue weighted by Gasteiger charge is -2.29. The van der Waals surface area contributed by atoms with E-state index in [1.807, 2.05) is 6.92 Å². The third-order valence-electron chi connectivity index (χ3n) is 6.04. The van der Waals surface area contributed by atoms with Crippen molar-refractivity contribution in [3.05, 3.63) is 0 Å². The summed E-state index contributed by atoms with van der Waals surface area (Å²) < 4.78 is 43.9. The Morgan fingerprint density at radius 3 is 2.11 bits per heavy atom. The van der Waals surface area contributed by atoms with Crippen LogP contribution in [0.1, 0.15) is 40.5 Å². The number of carbonyl (C=O) groups is 4. The summed E-state index contributed by atoms with van der Waals surface area (Å²) in [5.74, 6) is -0.998. The van der Waals surface area contributed by atoms with E-state index in [0.717, 1.165) is 6.42 Å². The maximum absolute atomic E-state index is 10.4. The van der Waals surface area contributed by atoms with Crippen LogP contribution in [0.2, 0.25) is 0 Å². The van der Waals surface area contributed by atoms with E-state index in [0.29, 0.717) is 26.0 Å². The van der Waals surface area contributed by atoms with Crippen molar-refractivity contribution in [3.63, 3.8) is 0 Å². The van der Waals surface area contributed by atoms with Gasteiger partial charge in [-0.1, -0.05) is 27.7 Å². The van der Waals surface area contributed by atoms with Gasteiger partial charge in [-0.05, 0) is 6.42 Å². The molecule has 1 heterocycles. The number of cyclic esters (lactones) is 2. The summed E-state index contributed by atoms with van der Waals surface area (Å²) in [5.41, 5.74) is 0. The van der Waals surface area contributed by atoms with Gasteiger partial charge in [0, 0.05) is 32.5 Å². The number of hydrogen-bond acceptors (Lipinski definition) is 16. The van der Waals surface area contributed by atoms with Crippen molar-refractivity contribution in [1.82, 2.24) is 0 Å². The smallest absolute Gasteiger partial charge is 0.465 e. The molecule has 44 heavy (non-hydrogen) atoms. The van der Waals surface area contributed by atoms with Crippen LogP contribution in [-0.4, -0.2) is 145 Å². The average Bonchev–Trinajstić information content (AvgIpc) is 3.46. The van der Waals surface area contributed by atoms with Crippen molar-refractivity contribution >= 4 is 25.1 Å². The molecule has 7 atom stereocenters. The Balaban J connectivity index is 0. The third-order valence-corrected chi connectivity index (χ3v) is 6.04. The molecule has 1 aliphatic rings. The average molecular weight is 645 g/mol. The molecule has 1 aliphatic heterocycles. The molecule has 0 radical (unpaired) electrons. The molecule has 0 amide bonds. The molecule has 16 nitrogen and oxygen atoms in total. The lowest BCUT2D eigenvalue weighted by molar-refractivity contribution is -0.144. The maximum Gasteiger partial charge on any atom is 0.508 e. The van der Waals surface area contributed by atoms with E-state index in [-0.39, 0.29) is 70.8 Å². The summed E-state index contributed by atoms with van der Waals surface area (Å²) in [6.07, 6.45) is -1.99. The van der Waals surface area contributed by atoms with Gasteiger partial charge in [-0.25, -0.2) is 4.79 Å². The Bertz CT molecular complexity index is 722. The summed E-state index contributed by atoms with van der Waals surface area (Å²) in [4.78, 5) is 41.0. The Kier molecular flexibility index (Phi) is 28.8. The molecule has 7 unspecified atom stereocenters. The fraction of sp³-hybridized carbons (Fsp3) is 0.857. The molecule has 1 rings (SSSR count). The molecule has 0 aliphatic carbocycles. The van der Waals surface area contributed by atoms with Gasteiger partial charge in [0.1, 0.15) is 38.1 Å². The van der Waals surface area contributed by atoms with E-state index in [4.69, 9.17) is 28.8 Å². The van der Waals surface area contributed by atoms with Crippen LogP contribution in [0, 0.1) is 11.8 Å². The number of aliphatic hydroxyl groups is 3. The summed E-state index contributed by atoms with van der Waals surface area (Å²) >= 11 is 0. The van der Waals surface area contributed by atoms with Gasteiger partial charge in [0.15, 0.2) is 0 Å². The highest BCUT2D eigenvalue weighted by Crippen LogP contribution is 2.18. The van der Waals surface area contributed by atoms with Gasteiger partial charge in [-0.3, -0.25) is 14.4 Å². The van der Waals surface area contributed by atoms with Crippen LogP contribution in [-0.2, 0) is 57.0 Å². The molecule has 260 valence electrons. The predicted octanol–water partition coefficient (Wildman–Crippen LogP) is 0.253. The van der Waals surface area contributed by atoms with Crippen LogP contribution in [0.4, 0.5) is 4.79 Å². The first-order chi connectivity index (χ1) is 21.0. The largest absolute Gasteiger partial charge is 0.508 e. The minimum absolute atomic E-state index is 0.00231. The molecule has 0 aromatic carbocycles. The zero-order chi connectivity index (χ0) is 33.8. The SMILES string of the molecule is CCC(=O)OCCO.CCC1COC(=O)O1.COCC(COCC(C)C(O)C(C)C(O)COCC(COC=O)OC)OC=O. The second-order valence-corrected chi connectivity index (χ2v) is 9.57. The number of hydrogen-bond donors (Lipinski definition) is 3. The van der Waals surface area contributed by atoms with E-state index in [9.17, 15) is 29.4 Å². The van der Waals surface area contributed by atoms with Crippen molar-refractivity contribution in [2.45, 2.75) is 71.1 Å². The number of aliphatic hydroxyl groups excluding tert-OH is 3. The van der Waals surface area contributed by atoms with Crippen LogP contribution < -0.4 is 0 Å². The molecular weight excluding hydrogens is 592 g/mol. The Labute approximate surface area is 259 Å². The van der Waals surface area contributed by atoms with Crippen LogP contribution in [0.5, 0.6) is 0 Å². The van der Waals surface area contributed by atoms with E-state index < -0.39 is 36.5 Å². The van der Waals surface area contributed by atoms with Gasteiger partial charge < -0.3 is 58.0 Å². The molecule has 1 fully saturated rings. The number of rotatable bonds is 23. The Hall–Kier alpha value is -2.60. The fourth-order valence-corrected chi connectivity index (χ4v) is 3.25. The van der Waals surface area contributed by atoms with Crippen molar-refractivity contribution in [1.29, 1.82) is 0 Å². The lowest BCUT2D eigenvalue weighted by Crippen LogP contribution is -2.39. The highest BCUT2D eigenvalue weighted by molar-refractivity contribution is 5.68. The van der Waals surface area contributed by atoms with Gasteiger partial charge in [-0.15, -0.1) is 0 Å². The van der Waals surface area contributed by atoms with Crippen molar-refractivity contribution in [3.8, 4) is 0 Å². The second-order valence-electron chi connectivity index (χ2n) is 9.57. The molecular formula is C28H52O16. The molecule has 0 aromatic rings. The van der Waals surface area contributed by atoms with E-state index in [1.165, 1.54) is 14.2 Å². The van der Waals surface area contributed by atoms with E-state index in [1.54, 1.807) is 20.8 Å². The van der Waals surface area contributed by atoms with E-state index in [2.05, 4.69) is 18.9 Å². The molecule has 0 saturated carbocycles. The van der Waals surface area contributed by atoms with Crippen LogP contribution in [0.3, 0.4) is 0 Å². The van der Waals surface area contributed by atoms with Gasteiger partial charge >= 0.3 is 12.1 Å². The zero-order valence-electron chi connectivity index (χ0n) is 26.6. The topological polar surface area (TPSA) is 212 Å². The molecule has 0 bridgehead atoms. The van der Waals surface area contributed by atoms with Gasteiger partial charge in [0.05, 0.1) is 51.8 Å². The maximum atomic E-state index is 10.4. The molecule has 0 aromatic heterocycles. The van der Waals surface area contributed by atoms with Crippen LogP contribution in [0.25, 0.3) is 0 Å². The number of esters is 1.